The summed E-state index contributed by atoms with van der Waals surface area (Å²) in [7, 11) is 0. The largest absolute Gasteiger partial charge is 0.378 e. The van der Waals surface area contributed by atoms with Crippen LogP contribution in [0.5, 0.6) is 0 Å². The summed E-state index contributed by atoms with van der Waals surface area (Å²) >= 11 is 7.79. The van der Waals surface area contributed by atoms with E-state index in [0.29, 0.717) is 29.9 Å². The molecule has 9 nitrogen and oxygen atoms in total. The first-order chi connectivity index (χ1) is 16.3. The molecule has 1 fully saturated rings. The number of anilines is 2. The molecule has 1 aromatic carbocycles. The smallest absolute Gasteiger partial charge is 0.195 e. The number of thiazole rings is 1. The first-order valence-electron chi connectivity index (χ1n) is 10.5. The van der Waals surface area contributed by atoms with E-state index in [1.54, 1.807) is 6.21 Å². The first-order valence-corrected chi connectivity index (χ1v) is 11.7. The molecular formula is C22H19ClN8OS. The number of benzene rings is 1. The van der Waals surface area contributed by atoms with Gasteiger partial charge >= 0.3 is 0 Å². The highest BCUT2D eigenvalue weighted by molar-refractivity contribution is 7.15. The molecule has 1 N–H and O–H groups in total. The van der Waals surface area contributed by atoms with Crippen molar-refractivity contribution in [2.45, 2.75) is 0 Å². The van der Waals surface area contributed by atoms with Gasteiger partial charge in [0.1, 0.15) is 11.5 Å². The maximum atomic E-state index is 6.27. The van der Waals surface area contributed by atoms with E-state index in [2.05, 4.69) is 20.4 Å². The number of hydrogen-bond acceptors (Lipinski definition) is 8. The Labute approximate surface area is 197 Å². The maximum Gasteiger partial charge on any atom is 0.195 e. The summed E-state index contributed by atoms with van der Waals surface area (Å²) in [5.41, 5.74) is 6.40. The lowest BCUT2D eigenvalue weighted by Gasteiger charge is -2.29. The lowest BCUT2D eigenvalue weighted by Crippen LogP contribution is -2.37. The van der Waals surface area contributed by atoms with Crippen molar-refractivity contribution in [3.05, 3.63) is 64.9 Å². The number of aromatic nitrogens is 5. The summed E-state index contributed by atoms with van der Waals surface area (Å²) in [5.74, 6) is 1.55. The van der Waals surface area contributed by atoms with Crippen molar-refractivity contribution in [2.75, 3.05) is 36.6 Å². The van der Waals surface area contributed by atoms with Crippen LogP contribution in [0.15, 0.2) is 59.1 Å². The summed E-state index contributed by atoms with van der Waals surface area (Å²) in [5, 5.41) is 11.6. The Balaban J connectivity index is 1.37. The summed E-state index contributed by atoms with van der Waals surface area (Å²) in [6.45, 7) is 2.91. The molecule has 0 aliphatic carbocycles. The Bertz CT molecular complexity index is 1450. The molecule has 0 atom stereocenters. The van der Waals surface area contributed by atoms with Crippen LogP contribution in [0.25, 0.3) is 21.9 Å². The summed E-state index contributed by atoms with van der Waals surface area (Å²) in [6, 6.07) is 14.0. The van der Waals surface area contributed by atoms with Crippen molar-refractivity contribution in [2.24, 2.45) is 5.10 Å². The van der Waals surface area contributed by atoms with Crippen LogP contribution in [0, 0.1) is 0 Å². The number of halogens is 1. The highest BCUT2D eigenvalue weighted by Crippen LogP contribution is 2.26. The SMILES string of the molecule is Clc1nc2sccn2c1C=NNc1cc(N2CCOCC2)n2nc(-c3ccccc3)cc2n1. The monoisotopic (exact) mass is 478 g/mol. The molecule has 5 heterocycles. The quantitative estimate of drug-likeness (QED) is 0.303. The standard InChI is InChI=1S/C22H19ClN8OS/c23-21-17(30-8-11-33-22(30)26-21)14-24-27-18-13-20(29-6-9-32-10-7-29)31-19(25-18)12-16(28-31)15-4-2-1-3-5-15/h1-5,8,11-14H,6-7,9-10H2,(H,25,27). The second-order valence-electron chi connectivity index (χ2n) is 7.48. The number of hydrazone groups is 1. The predicted octanol–water partition coefficient (Wildman–Crippen LogP) is 4.04. The minimum absolute atomic E-state index is 0.410. The molecule has 5 aromatic rings. The molecule has 4 aromatic heterocycles. The number of ether oxygens (including phenoxy) is 1. The van der Waals surface area contributed by atoms with Gasteiger partial charge in [-0.3, -0.25) is 9.83 Å². The average Bonchev–Trinajstić information content (AvgIpc) is 3.55. The van der Waals surface area contributed by atoms with Crippen LogP contribution in [-0.2, 0) is 4.74 Å². The number of nitrogens with zero attached hydrogens (tertiary/aromatic N) is 7. The number of fused-ring (bicyclic) bond motifs is 2. The fourth-order valence-corrected chi connectivity index (χ4v) is 4.83. The fourth-order valence-electron chi connectivity index (χ4n) is 3.84. The van der Waals surface area contributed by atoms with Gasteiger partial charge in [-0.05, 0) is 0 Å². The van der Waals surface area contributed by atoms with Gasteiger partial charge in [-0.25, -0.2) is 9.97 Å². The van der Waals surface area contributed by atoms with E-state index in [1.165, 1.54) is 11.3 Å². The zero-order chi connectivity index (χ0) is 22.2. The number of rotatable bonds is 5. The van der Waals surface area contributed by atoms with E-state index in [1.807, 2.05) is 63.0 Å². The molecular weight excluding hydrogens is 460 g/mol. The lowest BCUT2D eigenvalue weighted by molar-refractivity contribution is 0.122. The molecule has 0 unspecified atom stereocenters. The molecule has 166 valence electrons. The Morgan fingerprint density at radius 1 is 1.12 bits per heavy atom. The van der Waals surface area contributed by atoms with E-state index in [9.17, 15) is 0 Å². The molecule has 6 rings (SSSR count). The van der Waals surface area contributed by atoms with E-state index < -0.39 is 0 Å². The molecule has 0 spiro atoms. The van der Waals surface area contributed by atoms with Gasteiger partial charge in [0.2, 0.25) is 0 Å². The van der Waals surface area contributed by atoms with Crippen LogP contribution in [-0.4, -0.2) is 56.5 Å². The Morgan fingerprint density at radius 3 is 2.82 bits per heavy atom. The molecule has 11 heteroatoms. The van der Waals surface area contributed by atoms with Gasteiger partial charge in [-0.1, -0.05) is 41.9 Å². The molecule has 1 aliphatic rings. The average molecular weight is 479 g/mol. The van der Waals surface area contributed by atoms with Crippen LogP contribution in [0.1, 0.15) is 5.69 Å². The Hall–Kier alpha value is -3.47. The van der Waals surface area contributed by atoms with Crippen molar-refractivity contribution in [3.63, 3.8) is 0 Å². The number of hydrogen-bond donors (Lipinski definition) is 1. The summed E-state index contributed by atoms with van der Waals surface area (Å²) in [4.78, 5) is 12.1. The Morgan fingerprint density at radius 2 is 1.97 bits per heavy atom. The van der Waals surface area contributed by atoms with Crippen LogP contribution >= 0.6 is 22.9 Å². The van der Waals surface area contributed by atoms with Gasteiger partial charge < -0.3 is 9.64 Å². The van der Waals surface area contributed by atoms with Gasteiger partial charge in [0.05, 0.1) is 25.1 Å². The second-order valence-corrected chi connectivity index (χ2v) is 8.71. The van der Waals surface area contributed by atoms with E-state index >= 15 is 0 Å². The van der Waals surface area contributed by atoms with Crippen LogP contribution < -0.4 is 10.3 Å². The van der Waals surface area contributed by atoms with Gasteiger partial charge in [0.15, 0.2) is 21.6 Å². The zero-order valence-electron chi connectivity index (χ0n) is 17.4. The molecule has 0 radical (unpaired) electrons. The minimum Gasteiger partial charge on any atom is -0.378 e. The van der Waals surface area contributed by atoms with Crippen molar-refractivity contribution in [1.29, 1.82) is 0 Å². The number of nitrogens with one attached hydrogen (secondary N) is 1. The maximum absolute atomic E-state index is 6.27. The topological polar surface area (TPSA) is 84.3 Å². The summed E-state index contributed by atoms with van der Waals surface area (Å²) in [6.07, 6.45) is 3.57. The van der Waals surface area contributed by atoms with Crippen LogP contribution in [0.2, 0.25) is 5.15 Å². The van der Waals surface area contributed by atoms with Gasteiger partial charge in [0, 0.05) is 42.4 Å². The van der Waals surface area contributed by atoms with E-state index in [-0.39, 0.29) is 0 Å². The molecule has 0 saturated carbocycles. The van der Waals surface area contributed by atoms with E-state index in [4.69, 9.17) is 26.4 Å². The molecule has 1 aliphatic heterocycles. The number of morpholine rings is 1. The highest BCUT2D eigenvalue weighted by Gasteiger charge is 2.18. The highest BCUT2D eigenvalue weighted by atomic mass is 35.5. The predicted molar refractivity (Wildman–Crippen MR) is 131 cm³/mol. The zero-order valence-corrected chi connectivity index (χ0v) is 19.0. The van der Waals surface area contributed by atoms with Crippen molar-refractivity contribution >= 4 is 51.4 Å². The molecule has 1 saturated heterocycles. The Kier molecular flexibility index (Phi) is 5.17. The van der Waals surface area contributed by atoms with Crippen molar-refractivity contribution < 1.29 is 4.74 Å². The molecule has 0 bridgehead atoms. The van der Waals surface area contributed by atoms with Crippen molar-refractivity contribution in [3.8, 4) is 11.3 Å². The third kappa shape index (κ3) is 3.82. The molecule has 0 amide bonds. The van der Waals surface area contributed by atoms with Gasteiger partial charge in [-0.2, -0.15) is 14.7 Å². The van der Waals surface area contributed by atoms with Crippen LogP contribution in [0.3, 0.4) is 0 Å². The van der Waals surface area contributed by atoms with Crippen LogP contribution in [0.4, 0.5) is 11.6 Å². The molecule has 33 heavy (non-hydrogen) atoms. The normalized spacial score (nSPS) is 14.6. The van der Waals surface area contributed by atoms with Gasteiger partial charge in [0.25, 0.3) is 0 Å². The first kappa shape index (κ1) is 20.2. The fraction of sp³-hybridized carbons (Fsp3) is 0.182. The minimum atomic E-state index is 0.410. The van der Waals surface area contributed by atoms with Crippen molar-refractivity contribution in [1.82, 2.24) is 24.0 Å². The van der Waals surface area contributed by atoms with Gasteiger partial charge in [-0.15, -0.1) is 11.3 Å². The number of imidazole rings is 1. The van der Waals surface area contributed by atoms with E-state index in [0.717, 1.165) is 40.8 Å². The summed E-state index contributed by atoms with van der Waals surface area (Å²) < 4.78 is 9.32. The third-order valence-corrected chi connectivity index (χ3v) is 6.47. The third-order valence-electron chi connectivity index (χ3n) is 5.43. The second kappa shape index (κ2) is 8.47. The lowest BCUT2D eigenvalue weighted by atomic mass is 10.2.